The van der Waals surface area contributed by atoms with Crippen LogP contribution >= 0.6 is 11.6 Å². The van der Waals surface area contributed by atoms with E-state index in [0.717, 1.165) is 24.3 Å². The van der Waals surface area contributed by atoms with Crippen LogP contribution in [0.1, 0.15) is 22.8 Å². The van der Waals surface area contributed by atoms with E-state index in [2.05, 4.69) is 0 Å². The Hall–Kier alpha value is -2.66. The highest BCUT2D eigenvalue weighted by molar-refractivity contribution is 6.31. The van der Waals surface area contributed by atoms with Crippen LogP contribution < -0.4 is 16.2 Å². The third-order valence-corrected chi connectivity index (χ3v) is 4.26. The quantitative estimate of drug-likeness (QED) is 0.436. The van der Waals surface area contributed by atoms with Crippen LogP contribution in [0.25, 0.3) is 0 Å². The number of halogens is 7. The first-order chi connectivity index (χ1) is 13.7. The standard InChI is InChI=1S/C18H15ClF6N2O3/c19-8-5-12(26)10(7-13(27)16(28)29)14(6-8)30-15(18(23,24)25)9-3-1-2-4-11(9)17(20,21)22/h1-6,13,15H,7,26-27H2,(H,28,29)/t13-,15?/m0/s1. The Morgan fingerprint density at radius 3 is 2.27 bits per heavy atom. The minimum atomic E-state index is -5.26. The molecule has 12 heteroatoms. The third-order valence-electron chi connectivity index (χ3n) is 4.04. The summed E-state index contributed by atoms with van der Waals surface area (Å²) in [7, 11) is 0. The van der Waals surface area contributed by atoms with E-state index in [4.69, 9.17) is 32.9 Å². The molecule has 5 nitrogen and oxygen atoms in total. The van der Waals surface area contributed by atoms with Gasteiger partial charge >= 0.3 is 18.3 Å². The number of aliphatic carboxylic acids is 1. The van der Waals surface area contributed by atoms with Crippen molar-refractivity contribution in [3.63, 3.8) is 0 Å². The molecule has 30 heavy (non-hydrogen) atoms. The van der Waals surface area contributed by atoms with Crippen molar-refractivity contribution in [3.8, 4) is 5.75 Å². The van der Waals surface area contributed by atoms with Crippen molar-refractivity contribution >= 4 is 23.3 Å². The highest BCUT2D eigenvalue weighted by Gasteiger charge is 2.47. The van der Waals surface area contributed by atoms with Gasteiger partial charge in [-0.25, -0.2) is 0 Å². The van der Waals surface area contributed by atoms with Gasteiger partial charge in [0.25, 0.3) is 0 Å². The SMILES string of the molecule is Nc1cc(Cl)cc(OC(c2ccccc2C(F)(F)F)C(F)(F)F)c1C[C@H](N)C(=O)O. The zero-order valence-corrected chi connectivity index (χ0v) is 15.6. The van der Waals surface area contributed by atoms with Crippen molar-refractivity contribution in [2.45, 2.75) is 30.9 Å². The second-order valence-corrected chi connectivity index (χ2v) is 6.68. The molecular weight excluding hydrogens is 442 g/mol. The number of hydrogen-bond donors (Lipinski definition) is 3. The molecule has 0 saturated heterocycles. The molecule has 0 heterocycles. The van der Waals surface area contributed by atoms with Crippen molar-refractivity contribution in [2.75, 3.05) is 5.73 Å². The van der Waals surface area contributed by atoms with Crippen LogP contribution in [0.5, 0.6) is 5.75 Å². The smallest absolute Gasteiger partial charge is 0.429 e. The number of nitrogens with two attached hydrogens (primary N) is 2. The fraction of sp³-hybridized carbons (Fsp3) is 0.278. The summed E-state index contributed by atoms with van der Waals surface area (Å²) in [5.74, 6) is -2.10. The molecule has 0 saturated carbocycles. The van der Waals surface area contributed by atoms with Gasteiger partial charge in [-0.1, -0.05) is 29.8 Å². The van der Waals surface area contributed by atoms with Crippen molar-refractivity contribution in [2.24, 2.45) is 5.73 Å². The molecule has 2 aromatic carbocycles. The van der Waals surface area contributed by atoms with Crippen LogP contribution in [-0.2, 0) is 17.4 Å². The molecule has 1 unspecified atom stereocenters. The molecule has 0 aromatic heterocycles. The van der Waals surface area contributed by atoms with Gasteiger partial charge in [-0.05, 0) is 18.2 Å². The maximum absolute atomic E-state index is 13.7. The lowest BCUT2D eigenvalue weighted by Crippen LogP contribution is -2.33. The minimum absolute atomic E-state index is 0.167. The van der Waals surface area contributed by atoms with Crippen LogP contribution in [0.15, 0.2) is 36.4 Å². The number of benzene rings is 2. The molecule has 2 atom stereocenters. The molecule has 0 spiro atoms. The lowest BCUT2D eigenvalue weighted by molar-refractivity contribution is -0.200. The summed E-state index contributed by atoms with van der Waals surface area (Å²) in [6, 6.07) is 3.54. The fourth-order valence-corrected chi connectivity index (χ4v) is 2.90. The number of rotatable bonds is 6. The molecule has 0 amide bonds. The van der Waals surface area contributed by atoms with Gasteiger partial charge in [0.05, 0.1) is 5.56 Å². The molecule has 2 aromatic rings. The van der Waals surface area contributed by atoms with Crippen LogP contribution in [0.2, 0.25) is 5.02 Å². The Kier molecular flexibility index (Phi) is 6.77. The average molecular weight is 457 g/mol. The zero-order valence-electron chi connectivity index (χ0n) is 14.9. The number of anilines is 1. The van der Waals surface area contributed by atoms with E-state index in [1.165, 1.54) is 0 Å². The Bertz CT molecular complexity index is 933. The molecule has 164 valence electrons. The first kappa shape index (κ1) is 23.6. The minimum Gasteiger partial charge on any atom is -0.480 e. The molecule has 0 aliphatic rings. The predicted molar refractivity (Wildman–Crippen MR) is 96.0 cm³/mol. The first-order valence-corrected chi connectivity index (χ1v) is 8.55. The Balaban J connectivity index is 2.61. The van der Waals surface area contributed by atoms with Crippen molar-refractivity contribution < 1.29 is 41.0 Å². The van der Waals surface area contributed by atoms with Gasteiger partial charge in [-0.3, -0.25) is 4.79 Å². The van der Waals surface area contributed by atoms with Gasteiger partial charge in [0.15, 0.2) is 0 Å². The van der Waals surface area contributed by atoms with E-state index < -0.39 is 53.8 Å². The maximum Gasteiger partial charge on any atom is 0.429 e. The Morgan fingerprint density at radius 2 is 1.73 bits per heavy atom. The topological polar surface area (TPSA) is 98.6 Å². The summed E-state index contributed by atoms with van der Waals surface area (Å²) in [5, 5.41) is 8.79. The van der Waals surface area contributed by atoms with E-state index in [0.29, 0.717) is 12.1 Å². The molecule has 5 N–H and O–H groups in total. The van der Waals surface area contributed by atoms with Gasteiger partial charge < -0.3 is 21.3 Å². The van der Waals surface area contributed by atoms with Crippen LogP contribution in [-0.4, -0.2) is 23.3 Å². The highest BCUT2D eigenvalue weighted by atomic mass is 35.5. The van der Waals surface area contributed by atoms with Crippen molar-refractivity contribution in [1.29, 1.82) is 0 Å². The zero-order chi connectivity index (χ0) is 22.9. The number of nitrogen functional groups attached to an aromatic ring is 1. The monoisotopic (exact) mass is 456 g/mol. The molecule has 0 aliphatic heterocycles. The number of carbonyl (C=O) groups is 1. The molecule has 0 fully saturated rings. The lowest BCUT2D eigenvalue weighted by atomic mass is 10.00. The van der Waals surface area contributed by atoms with E-state index in [9.17, 15) is 31.1 Å². The number of carboxylic acids is 1. The number of ether oxygens (including phenoxy) is 1. The van der Waals surface area contributed by atoms with E-state index in [1.54, 1.807) is 0 Å². The lowest BCUT2D eigenvalue weighted by Gasteiger charge is -2.26. The van der Waals surface area contributed by atoms with Gasteiger partial charge in [-0.15, -0.1) is 0 Å². The summed E-state index contributed by atoms with van der Waals surface area (Å²) in [6.45, 7) is 0. The van der Waals surface area contributed by atoms with E-state index in [-0.39, 0.29) is 16.3 Å². The number of carboxylic acid groups (broad SMARTS) is 1. The Labute approximate surface area is 171 Å². The van der Waals surface area contributed by atoms with Crippen molar-refractivity contribution in [3.05, 3.63) is 58.1 Å². The molecule has 2 rings (SSSR count). The summed E-state index contributed by atoms with van der Waals surface area (Å²) in [4.78, 5) is 11.0. The van der Waals surface area contributed by atoms with Gasteiger partial charge in [0, 0.05) is 28.3 Å². The van der Waals surface area contributed by atoms with Crippen LogP contribution in [0, 0.1) is 0 Å². The predicted octanol–water partition coefficient (Wildman–Crippen LogP) is 4.58. The van der Waals surface area contributed by atoms with Gasteiger partial charge in [-0.2, -0.15) is 26.3 Å². The summed E-state index contributed by atoms with van der Waals surface area (Å²) in [6.07, 6.45) is -13.9. The summed E-state index contributed by atoms with van der Waals surface area (Å²) < 4.78 is 85.8. The molecule has 0 aliphatic carbocycles. The largest absolute Gasteiger partial charge is 0.480 e. The molecule has 0 radical (unpaired) electrons. The third kappa shape index (κ3) is 5.48. The van der Waals surface area contributed by atoms with Gasteiger partial charge in [0.1, 0.15) is 11.8 Å². The highest BCUT2D eigenvalue weighted by Crippen LogP contribution is 2.44. The van der Waals surface area contributed by atoms with Gasteiger partial charge in [0.2, 0.25) is 6.10 Å². The summed E-state index contributed by atoms with van der Waals surface area (Å²) >= 11 is 5.80. The first-order valence-electron chi connectivity index (χ1n) is 8.17. The van der Waals surface area contributed by atoms with Crippen LogP contribution in [0.3, 0.4) is 0 Å². The number of alkyl halides is 6. The van der Waals surface area contributed by atoms with E-state index in [1.807, 2.05) is 0 Å². The van der Waals surface area contributed by atoms with E-state index >= 15 is 0 Å². The fourth-order valence-electron chi connectivity index (χ4n) is 2.68. The second kappa shape index (κ2) is 8.60. The molecule has 0 bridgehead atoms. The average Bonchev–Trinajstić information content (AvgIpc) is 2.60. The summed E-state index contributed by atoms with van der Waals surface area (Å²) in [5.41, 5.74) is 7.97. The molecular formula is C18H15ClF6N2O3. The van der Waals surface area contributed by atoms with Crippen LogP contribution in [0.4, 0.5) is 32.0 Å². The maximum atomic E-state index is 13.7. The second-order valence-electron chi connectivity index (χ2n) is 6.25. The van der Waals surface area contributed by atoms with Crippen molar-refractivity contribution in [1.82, 2.24) is 0 Å². The number of hydrogen-bond acceptors (Lipinski definition) is 4. The normalized spacial score (nSPS) is 14.3. The Morgan fingerprint density at radius 1 is 1.13 bits per heavy atom.